The zero-order valence-corrected chi connectivity index (χ0v) is 17.8. The summed E-state index contributed by atoms with van der Waals surface area (Å²) in [6.45, 7) is 9.50. The number of nitrogens with one attached hydrogen (secondary N) is 3. The van der Waals surface area contributed by atoms with Crippen molar-refractivity contribution in [1.29, 1.82) is 0 Å². The van der Waals surface area contributed by atoms with Gasteiger partial charge >= 0.3 is 0 Å². The van der Waals surface area contributed by atoms with Crippen LogP contribution in [0.2, 0.25) is 0 Å². The molecule has 7 heteroatoms. The van der Waals surface area contributed by atoms with Crippen LogP contribution in [0.3, 0.4) is 0 Å². The van der Waals surface area contributed by atoms with E-state index in [1.165, 1.54) is 0 Å². The molecule has 1 aromatic rings. The molecule has 1 unspecified atom stereocenters. The Balaban J connectivity index is 1.68. The van der Waals surface area contributed by atoms with E-state index in [4.69, 9.17) is 9.47 Å². The topological polar surface area (TPSA) is 84.0 Å². The second kappa shape index (κ2) is 14.0. The molecule has 1 aliphatic heterocycles. The van der Waals surface area contributed by atoms with E-state index in [2.05, 4.69) is 27.9 Å². The summed E-state index contributed by atoms with van der Waals surface area (Å²) in [6.07, 6.45) is 3.44. The Morgan fingerprint density at radius 3 is 2.76 bits per heavy atom. The van der Waals surface area contributed by atoms with Gasteiger partial charge in [0.15, 0.2) is 5.96 Å². The van der Waals surface area contributed by atoms with Gasteiger partial charge in [0.25, 0.3) is 0 Å². The summed E-state index contributed by atoms with van der Waals surface area (Å²) in [4.78, 5) is 16.3. The zero-order valence-electron chi connectivity index (χ0n) is 17.8. The van der Waals surface area contributed by atoms with Crippen molar-refractivity contribution in [2.45, 2.75) is 46.1 Å². The van der Waals surface area contributed by atoms with Crippen LogP contribution >= 0.6 is 0 Å². The van der Waals surface area contributed by atoms with Crippen LogP contribution in [0.5, 0.6) is 0 Å². The predicted molar refractivity (Wildman–Crippen MR) is 117 cm³/mol. The average Bonchev–Trinajstić information content (AvgIpc) is 3.23. The Morgan fingerprint density at radius 1 is 1.24 bits per heavy atom. The zero-order chi connectivity index (χ0) is 20.7. The quantitative estimate of drug-likeness (QED) is 0.283. The molecule has 29 heavy (non-hydrogen) atoms. The van der Waals surface area contributed by atoms with Crippen molar-refractivity contribution < 1.29 is 14.3 Å². The predicted octanol–water partition coefficient (Wildman–Crippen LogP) is 2.92. The maximum atomic E-state index is 11.7. The largest absolute Gasteiger partial charge is 0.381 e. The highest BCUT2D eigenvalue weighted by molar-refractivity contribution is 5.90. The Morgan fingerprint density at radius 2 is 2.07 bits per heavy atom. The summed E-state index contributed by atoms with van der Waals surface area (Å²) in [5, 5.41) is 9.51. The van der Waals surface area contributed by atoms with E-state index in [0.29, 0.717) is 18.9 Å². The number of hydrogen-bond donors (Lipinski definition) is 3. The SMILES string of the molecule is CCCC(=O)Nc1ccc(CN=C(NCC)NCCCOCC2CCOC2)cc1. The highest BCUT2D eigenvalue weighted by Gasteiger charge is 2.15. The highest BCUT2D eigenvalue weighted by atomic mass is 16.5. The first-order valence-corrected chi connectivity index (χ1v) is 10.8. The minimum atomic E-state index is 0.0532. The van der Waals surface area contributed by atoms with Crippen LogP contribution in [0.15, 0.2) is 29.3 Å². The van der Waals surface area contributed by atoms with Crippen molar-refractivity contribution >= 4 is 17.6 Å². The van der Waals surface area contributed by atoms with Gasteiger partial charge < -0.3 is 25.4 Å². The molecule has 3 N–H and O–H groups in total. The molecule has 0 aliphatic carbocycles. The minimum Gasteiger partial charge on any atom is -0.381 e. The lowest BCUT2D eigenvalue weighted by atomic mass is 10.1. The number of aliphatic imine (C=N–C) groups is 1. The number of hydrogen-bond acceptors (Lipinski definition) is 4. The van der Waals surface area contributed by atoms with E-state index in [1.807, 2.05) is 31.2 Å². The second-order valence-corrected chi connectivity index (χ2v) is 7.28. The first-order chi connectivity index (χ1) is 14.2. The first kappa shape index (κ1) is 23.2. The number of rotatable bonds is 12. The van der Waals surface area contributed by atoms with E-state index in [1.54, 1.807) is 0 Å². The molecule has 0 bridgehead atoms. The third kappa shape index (κ3) is 9.76. The molecule has 1 atom stereocenters. The van der Waals surface area contributed by atoms with E-state index in [-0.39, 0.29) is 5.91 Å². The molecule has 0 radical (unpaired) electrons. The molecule has 1 aromatic carbocycles. The van der Waals surface area contributed by atoms with Gasteiger partial charge in [-0.25, -0.2) is 4.99 Å². The fourth-order valence-electron chi connectivity index (χ4n) is 3.00. The lowest BCUT2D eigenvalue weighted by molar-refractivity contribution is -0.116. The molecule has 1 amide bonds. The fourth-order valence-corrected chi connectivity index (χ4v) is 3.00. The van der Waals surface area contributed by atoms with Crippen molar-refractivity contribution in [3.8, 4) is 0 Å². The van der Waals surface area contributed by atoms with Gasteiger partial charge in [0.05, 0.1) is 19.8 Å². The Labute approximate surface area is 174 Å². The molecule has 2 rings (SSSR count). The summed E-state index contributed by atoms with van der Waals surface area (Å²) >= 11 is 0. The lowest BCUT2D eigenvalue weighted by Gasteiger charge is -2.12. The van der Waals surface area contributed by atoms with Gasteiger partial charge in [-0.1, -0.05) is 19.1 Å². The van der Waals surface area contributed by atoms with Crippen LogP contribution in [0, 0.1) is 5.92 Å². The standard InChI is InChI=1S/C22H36N4O3/c1-3-6-21(27)26-20-9-7-18(8-10-20)15-25-22(23-4-2)24-12-5-13-28-16-19-11-14-29-17-19/h7-10,19H,3-6,11-17H2,1-2H3,(H,26,27)(H2,23,24,25). The first-order valence-electron chi connectivity index (χ1n) is 10.8. The number of benzene rings is 1. The molecule has 0 saturated carbocycles. The molecule has 0 spiro atoms. The summed E-state index contributed by atoms with van der Waals surface area (Å²) in [6, 6.07) is 7.83. The number of ether oxygens (including phenoxy) is 2. The molecule has 1 saturated heterocycles. The molecule has 1 fully saturated rings. The van der Waals surface area contributed by atoms with Gasteiger partial charge in [0, 0.05) is 44.3 Å². The second-order valence-electron chi connectivity index (χ2n) is 7.28. The van der Waals surface area contributed by atoms with Gasteiger partial charge in [0.1, 0.15) is 0 Å². The van der Waals surface area contributed by atoms with Gasteiger partial charge in [-0.15, -0.1) is 0 Å². The van der Waals surface area contributed by atoms with E-state index in [9.17, 15) is 4.79 Å². The molecule has 7 nitrogen and oxygen atoms in total. The smallest absolute Gasteiger partial charge is 0.224 e. The summed E-state index contributed by atoms with van der Waals surface area (Å²) < 4.78 is 11.1. The number of carbonyl (C=O) groups is 1. The Hall–Kier alpha value is -2.12. The van der Waals surface area contributed by atoms with Crippen molar-refractivity contribution in [3.05, 3.63) is 29.8 Å². The number of guanidine groups is 1. The summed E-state index contributed by atoms with van der Waals surface area (Å²) in [5.41, 5.74) is 1.92. The normalized spacial score (nSPS) is 16.6. The van der Waals surface area contributed by atoms with Crippen LogP contribution in [0.4, 0.5) is 5.69 Å². The molecular weight excluding hydrogens is 368 g/mol. The maximum absolute atomic E-state index is 11.7. The van der Waals surface area contributed by atoms with Crippen LogP contribution in [-0.2, 0) is 20.8 Å². The van der Waals surface area contributed by atoms with Gasteiger partial charge in [-0.2, -0.15) is 0 Å². The summed E-state index contributed by atoms with van der Waals surface area (Å²) in [5.74, 6) is 1.42. The maximum Gasteiger partial charge on any atom is 0.224 e. The highest BCUT2D eigenvalue weighted by Crippen LogP contribution is 2.12. The lowest BCUT2D eigenvalue weighted by Crippen LogP contribution is -2.38. The third-order valence-corrected chi connectivity index (χ3v) is 4.61. The number of anilines is 1. The summed E-state index contributed by atoms with van der Waals surface area (Å²) in [7, 11) is 0. The van der Waals surface area contributed by atoms with Crippen LogP contribution in [0.1, 0.15) is 45.1 Å². The van der Waals surface area contributed by atoms with Gasteiger partial charge in [-0.3, -0.25) is 4.79 Å². The Kier molecular flexibility index (Phi) is 11.1. The van der Waals surface area contributed by atoms with Crippen LogP contribution in [0.25, 0.3) is 0 Å². The van der Waals surface area contributed by atoms with Crippen LogP contribution in [-0.4, -0.2) is 51.4 Å². The van der Waals surface area contributed by atoms with Crippen molar-refractivity contribution in [3.63, 3.8) is 0 Å². The molecule has 162 valence electrons. The van der Waals surface area contributed by atoms with Gasteiger partial charge in [-0.05, 0) is 43.9 Å². The number of carbonyl (C=O) groups excluding carboxylic acids is 1. The van der Waals surface area contributed by atoms with Crippen molar-refractivity contribution in [2.75, 3.05) is 44.8 Å². The van der Waals surface area contributed by atoms with Crippen LogP contribution < -0.4 is 16.0 Å². The minimum absolute atomic E-state index is 0.0532. The van der Waals surface area contributed by atoms with E-state index >= 15 is 0 Å². The molecule has 1 heterocycles. The number of amides is 1. The van der Waals surface area contributed by atoms with Gasteiger partial charge in [0.2, 0.25) is 5.91 Å². The molecule has 0 aromatic heterocycles. The van der Waals surface area contributed by atoms with Crippen molar-refractivity contribution in [2.24, 2.45) is 10.9 Å². The molecule has 1 aliphatic rings. The third-order valence-electron chi connectivity index (χ3n) is 4.61. The Bertz CT molecular complexity index is 613. The van der Waals surface area contributed by atoms with Crippen molar-refractivity contribution in [1.82, 2.24) is 10.6 Å². The molecular formula is C22H36N4O3. The van der Waals surface area contributed by atoms with E-state index < -0.39 is 0 Å². The van der Waals surface area contributed by atoms with E-state index in [0.717, 1.165) is 76.0 Å². The fraction of sp³-hybridized carbons (Fsp3) is 0.636. The average molecular weight is 405 g/mol. The monoisotopic (exact) mass is 404 g/mol. The number of nitrogens with zero attached hydrogens (tertiary/aromatic N) is 1.